The Morgan fingerprint density at radius 1 is 1.06 bits per heavy atom. The summed E-state index contributed by atoms with van der Waals surface area (Å²) in [4.78, 5) is 28.7. The van der Waals surface area contributed by atoms with Gasteiger partial charge in [0.25, 0.3) is 0 Å². The van der Waals surface area contributed by atoms with E-state index in [2.05, 4.69) is 67.6 Å². The second-order valence-electron chi connectivity index (χ2n) is 8.66. The number of ether oxygens (including phenoxy) is 1. The van der Waals surface area contributed by atoms with Crippen molar-refractivity contribution >= 4 is 23.1 Å². The van der Waals surface area contributed by atoms with Gasteiger partial charge in [-0.1, -0.05) is 30.0 Å². The molecule has 4 aromatic rings. The Balaban J connectivity index is 1.27. The first-order valence-electron chi connectivity index (χ1n) is 11.7. The number of nitrogens with zero attached hydrogens (tertiary/aromatic N) is 3. The molecule has 7 nitrogen and oxygen atoms in total. The second-order valence-corrected chi connectivity index (χ2v) is 9.71. The second kappa shape index (κ2) is 9.56. The first kappa shape index (κ1) is 21.9. The smallest absolute Gasteiger partial charge is 0.250 e. The van der Waals surface area contributed by atoms with Crippen LogP contribution in [0.2, 0.25) is 0 Å². The number of benzene rings is 2. The van der Waals surface area contributed by atoms with Crippen LogP contribution in [0, 0.1) is 0 Å². The van der Waals surface area contributed by atoms with Crippen LogP contribution in [0.15, 0.2) is 81.7 Å². The highest BCUT2D eigenvalue weighted by molar-refractivity contribution is 7.99. The van der Waals surface area contributed by atoms with Crippen molar-refractivity contribution < 1.29 is 4.74 Å². The lowest BCUT2D eigenvalue weighted by atomic mass is 9.99. The molecule has 35 heavy (non-hydrogen) atoms. The van der Waals surface area contributed by atoms with Crippen molar-refractivity contribution in [3.8, 4) is 11.3 Å². The van der Waals surface area contributed by atoms with Crippen LogP contribution in [0.5, 0.6) is 0 Å². The van der Waals surface area contributed by atoms with Gasteiger partial charge in [-0.2, -0.15) is 0 Å². The number of anilines is 2. The summed E-state index contributed by atoms with van der Waals surface area (Å²) in [7, 11) is 0. The predicted molar refractivity (Wildman–Crippen MR) is 138 cm³/mol. The molecule has 2 aromatic carbocycles. The van der Waals surface area contributed by atoms with Crippen molar-refractivity contribution in [2.45, 2.75) is 22.8 Å². The minimum absolute atomic E-state index is 0.0818. The van der Waals surface area contributed by atoms with Crippen LogP contribution in [0.1, 0.15) is 16.8 Å². The number of nitrogens with one attached hydrogen (secondary N) is 2. The number of hydrogen-bond acceptors (Lipinski definition) is 7. The van der Waals surface area contributed by atoms with Gasteiger partial charge in [-0.15, -0.1) is 0 Å². The normalized spacial score (nSPS) is 14.8. The van der Waals surface area contributed by atoms with Crippen LogP contribution in [0.3, 0.4) is 0 Å². The van der Waals surface area contributed by atoms with E-state index in [1.807, 2.05) is 0 Å². The van der Waals surface area contributed by atoms with Gasteiger partial charge >= 0.3 is 0 Å². The molecule has 0 spiro atoms. The van der Waals surface area contributed by atoms with E-state index < -0.39 is 0 Å². The maximum atomic E-state index is 12.6. The third-order valence-electron chi connectivity index (χ3n) is 6.34. The summed E-state index contributed by atoms with van der Waals surface area (Å²) in [6.45, 7) is 3.60. The molecule has 1 saturated heterocycles. The molecule has 0 amide bonds. The number of H-pyrrole nitrogens is 1. The largest absolute Gasteiger partial charge is 0.379 e. The van der Waals surface area contributed by atoms with Gasteiger partial charge in [-0.3, -0.25) is 14.8 Å². The highest BCUT2D eigenvalue weighted by atomic mass is 32.2. The Morgan fingerprint density at radius 3 is 2.83 bits per heavy atom. The van der Waals surface area contributed by atoms with Crippen LogP contribution in [-0.4, -0.2) is 41.3 Å². The van der Waals surface area contributed by atoms with Crippen LogP contribution in [0.25, 0.3) is 11.3 Å². The third-order valence-corrected chi connectivity index (χ3v) is 7.64. The molecule has 2 aromatic heterocycles. The molecule has 4 heterocycles. The molecule has 6 rings (SSSR count). The number of morpholine rings is 1. The summed E-state index contributed by atoms with van der Waals surface area (Å²) in [6, 6.07) is 16.6. The van der Waals surface area contributed by atoms with E-state index in [1.165, 1.54) is 20.9 Å². The minimum Gasteiger partial charge on any atom is -0.379 e. The van der Waals surface area contributed by atoms with Gasteiger partial charge in [0.2, 0.25) is 5.56 Å². The molecular weight excluding hydrogens is 458 g/mol. The summed E-state index contributed by atoms with van der Waals surface area (Å²) >= 11 is 1.77. The lowest BCUT2D eigenvalue weighted by Crippen LogP contribution is -2.36. The fraction of sp³-hybridized carbons (Fsp3) is 0.222. The van der Waals surface area contributed by atoms with E-state index in [-0.39, 0.29) is 5.56 Å². The minimum atomic E-state index is -0.0818. The number of fused-ring (bicyclic) bond motifs is 2. The molecular formula is C27H25N5O2S. The summed E-state index contributed by atoms with van der Waals surface area (Å²) in [5.74, 6) is 0. The van der Waals surface area contributed by atoms with E-state index >= 15 is 0 Å². The number of aromatic amines is 1. The number of rotatable bonds is 5. The van der Waals surface area contributed by atoms with Crippen molar-refractivity contribution in [3.63, 3.8) is 0 Å². The van der Waals surface area contributed by atoms with Crippen LogP contribution in [0.4, 0.5) is 11.4 Å². The molecule has 0 atom stereocenters. The van der Waals surface area contributed by atoms with E-state index in [9.17, 15) is 4.79 Å². The van der Waals surface area contributed by atoms with Gasteiger partial charge in [0, 0.05) is 58.3 Å². The van der Waals surface area contributed by atoms with Gasteiger partial charge in [0.05, 0.1) is 37.3 Å². The van der Waals surface area contributed by atoms with Crippen molar-refractivity contribution in [2.24, 2.45) is 0 Å². The van der Waals surface area contributed by atoms with Crippen LogP contribution >= 0.6 is 11.8 Å². The Kier molecular flexibility index (Phi) is 5.98. The SMILES string of the molecule is O=c1cc(N2CCOCC2)cc(-c2cccc3c2Sc2ccc(NCc4cnccn4)cc2C3)[nH]1. The van der Waals surface area contributed by atoms with Gasteiger partial charge in [0.1, 0.15) is 0 Å². The van der Waals surface area contributed by atoms with Crippen LogP contribution < -0.4 is 15.8 Å². The fourth-order valence-corrected chi connectivity index (χ4v) is 5.77. The molecule has 8 heteroatoms. The summed E-state index contributed by atoms with van der Waals surface area (Å²) < 4.78 is 5.48. The van der Waals surface area contributed by atoms with E-state index in [4.69, 9.17) is 4.74 Å². The van der Waals surface area contributed by atoms with E-state index in [1.54, 1.807) is 36.4 Å². The standard InChI is InChI=1S/C27H25N5O2S/c33-26-15-22(32-8-10-34-11-9-32)14-24(31-26)23-3-1-2-18-12-19-13-20(4-5-25(19)35-27(18)23)30-17-21-16-28-6-7-29-21/h1-7,13-16,30H,8-12,17H2,(H,31,33). The summed E-state index contributed by atoms with van der Waals surface area (Å²) in [6.07, 6.45) is 6.01. The van der Waals surface area contributed by atoms with E-state index in [0.717, 1.165) is 47.8 Å². The number of aromatic nitrogens is 3. The molecule has 0 radical (unpaired) electrons. The average Bonchev–Trinajstić information content (AvgIpc) is 2.91. The Morgan fingerprint density at radius 2 is 1.97 bits per heavy atom. The Labute approximate surface area is 207 Å². The molecule has 2 N–H and O–H groups in total. The van der Waals surface area contributed by atoms with Crippen LogP contribution in [-0.2, 0) is 17.7 Å². The Hall–Kier alpha value is -3.62. The van der Waals surface area contributed by atoms with Crippen molar-refractivity contribution in [1.29, 1.82) is 0 Å². The zero-order valence-corrected chi connectivity index (χ0v) is 20.0. The molecule has 0 bridgehead atoms. The predicted octanol–water partition coefficient (Wildman–Crippen LogP) is 4.34. The van der Waals surface area contributed by atoms with Gasteiger partial charge in [0.15, 0.2) is 0 Å². The van der Waals surface area contributed by atoms with Crippen molar-refractivity contribution in [1.82, 2.24) is 15.0 Å². The molecule has 0 aliphatic carbocycles. The monoisotopic (exact) mass is 483 g/mol. The first-order chi connectivity index (χ1) is 17.2. The van der Waals surface area contributed by atoms with Gasteiger partial charge in [-0.05, 0) is 41.8 Å². The lowest BCUT2D eigenvalue weighted by molar-refractivity contribution is 0.122. The first-order valence-corrected chi connectivity index (χ1v) is 12.5. The Bertz CT molecular complexity index is 1420. The highest BCUT2D eigenvalue weighted by Gasteiger charge is 2.21. The van der Waals surface area contributed by atoms with E-state index in [0.29, 0.717) is 19.8 Å². The molecule has 1 fully saturated rings. The quantitative estimate of drug-likeness (QED) is 0.385. The maximum Gasteiger partial charge on any atom is 0.250 e. The molecule has 0 unspecified atom stereocenters. The van der Waals surface area contributed by atoms with Crippen molar-refractivity contribution in [2.75, 3.05) is 36.5 Å². The number of pyridine rings is 1. The molecule has 2 aliphatic heterocycles. The highest BCUT2D eigenvalue weighted by Crippen LogP contribution is 2.45. The van der Waals surface area contributed by atoms with Gasteiger partial charge < -0.3 is 19.9 Å². The molecule has 2 aliphatic rings. The summed E-state index contributed by atoms with van der Waals surface area (Å²) in [5, 5.41) is 3.45. The van der Waals surface area contributed by atoms with Crippen molar-refractivity contribution in [3.05, 3.63) is 94.3 Å². The summed E-state index contributed by atoms with van der Waals surface area (Å²) in [5.41, 5.74) is 7.32. The zero-order chi connectivity index (χ0) is 23.6. The number of hydrogen-bond donors (Lipinski definition) is 2. The maximum absolute atomic E-state index is 12.6. The average molecular weight is 484 g/mol. The lowest BCUT2D eigenvalue weighted by Gasteiger charge is -2.29. The fourth-order valence-electron chi connectivity index (χ4n) is 4.59. The molecule has 176 valence electrons. The third kappa shape index (κ3) is 4.67. The zero-order valence-electron chi connectivity index (χ0n) is 19.2. The topological polar surface area (TPSA) is 83.1 Å². The molecule has 0 saturated carbocycles. The van der Waals surface area contributed by atoms with Gasteiger partial charge in [-0.25, -0.2) is 0 Å².